The number of carbonyl (C=O) groups is 1. The molecule has 33 heavy (non-hydrogen) atoms. The third kappa shape index (κ3) is 5.86. The van der Waals surface area contributed by atoms with E-state index in [1.54, 1.807) is 32.0 Å². The van der Waals surface area contributed by atoms with Crippen LogP contribution in [0, 0.1) is 15.9 Å². The molecule has 1 aromatic heterocycles. The van der Waals surface area contributed by atoms with Gasteiger partial charge in [0.2, 0.25) is 5.91 Å². The summed E-state index contributed by atoms with van der Waals surface area (Å²) >= 11 is 1.20. The van der Waals surface area contributed by atoms with E-state index < -0.39 is 22.1 Å². The van der Waals surface area contributed by atoms with Crippen LogP contribution in [-0.4, -0.2) is 30.8 Å². The number of nitro benzene ring substituents is 1. The standard InChI is InChI=1S/C22H24FN5O4S/c1-13(2)27-20(14(3)32-19-11-6-5-10-18(19)23)25-26-22(27)33-15(4)21(29)24-16-8-7-9-17(12-16)28(30)31/h5-15H,1-4H3,(H,24,29). The van der Waals surface area contributed by atoms with Crippen molar-refractivity contribution in [3.63, 3.8) is 0 Å². The highest BCUT2D eigenvalue weighted by atomic mass is 32.2. The van der Waals surface area contributed by atoms with Gasteiger partial charge in [-0.3, -0.25) is 14.9 Å². The first kappa shape index (κ1) is 24.2. The number of halogens is 1. The Morgan fingerprint density at radius 3 is 2.55 bits per heavy atom. The molecule has 0 fully saturated rings. The zero-order chi connectivity index (χ0) is 24.1. The van der Waals surface area contributed by atoms with Crippen LogP contribution >= 0.6 is 11.8 Å². The highest BCUT2D eigenvalue weighted by Gasteiger charge is 2.25. The fourth-order valence-electron chi connectivity index (χ4n) is 3.07. The zero-order valence-corrected chi connectivity index (χ0v) is 19.4. The fraction of sp³-hybridized carbons (Fsp3) is 0.318. The first-order valence-electron chi connectivity index (χ1n) is 10.2. The minimum absolute atomic E-state index is 0.0452. The summed E-state index contributed by atoms with van der Waals surface area (Å²) in [6.45, 7) is 7.35. The molecule has 0 spiro atoms. The predicted molar refractivity (Wildman–Crippen MR) is 123 cm³/mol. The molecule has 3 rings (SSSR count). The molecule has 0 saturated carbocycles. The van der Waals surface area contributed by atoms with Gasteiger partial charge < -0.3 is 14.6 Å². The summed E-state index contributed by atoms with van der Waals surface area (Å²) in [7, 11) is 0. The summed E-state index contributed by atoms with van der Waals surface area (Å²) in [6.07, 6.45) is -0.583. The van der Waals surface area contributed by atoms with E-state index in [0.29, 0.717) is 16.7 Å². The molecule has 1 heterocycles. The largest absolute Gasteiger partial charge is 0.480 e. The number of aromatic nitrogens is 3. The summed E-state index contributed by atoms with van der Waals surface area (Å²) < 4.78 is 21.6. The van der Waals surface area contributed by atoms with Gasteiger partial charge in [-0.15, -0.1) is 10.2 Å². The minimum Gasteiger partial charge on any atom is -0.480 e. The van der Waals surface area contributed by atoms with E-state index in [1.165, 1.54) is 42.1 Å². The van der Waals surface area contributed by atoms with Crippen LogP contribution in [0.1, 0.15) is 45.7 Å². The number of hydrogen-bond donors (Lipinski definition) is 1. The molecule has 0 aliphatic rings. The number of nitrogens with one attached hydrogen (secondary N) is 1. The number of non-ortho nitro benzene ring substituents is 1. The average Bonchev–Trinajstić information content (AvgIpc) is 3.19. The molecule has 2 unspecified atom stereocenters. The third-order valence-corrected chi connectivity index (χ3v) is 5.74. The third-order valence-electron chi connectivity index (χ3n) is 4.69. The molecule has 1 N–H and O–H groups in total. The number of hydrogen-bond acceptors (Lipinski definition) is 7. The van der Waals surface area contributed by atoms with Crippen molar-refractivity contribution in [3.8, 4) is 5.75 Å². The minimum atomic E-state index is -0.583. The van der Waals surface area contributed by atoms with Crippen LogP contribution < -0.4 is 10.1 Å². The molecule has 0 aliphatic carbocycles. The highest BCUT2D eigenvalue weighted by Crippen LogP contribution is 2.31. The van der Waals surface area contributed by atoms with Gasteiger partial charge in [0, 0.05) is 23.9 Å². The van der Waals surface area contributed by atoms with E-state index in [1.807, 2.05) is 18.4 Å². The van der Waals surface area contributed by atoms with Crippen molar-refractivity contribution in [1.82, 2.24) is 14.8 Å². The van der Waals surface area contributed by atoms with Crippen LogP contribution in [0.25, 0.3) is 0 Å². The fourth-order valence-corrected chi connectivity index (χ4v) is 4.06. The van der Waals surface area contributed by atoms with Gasteiger partial charge in [0.25, 0.3) is 5.69 Å². The van der Waals surface area contributed by atoms with Gasteiger partial charge in [0.05, 0.1) is 10.2 Å². The molecule has 0 aliphatic heterocycles. The lowest BCUT2D eigenvalue weighted by Gasteiger charge is -2.20. The number of ether oxygens (including phenoxy) is 1. The number of anilines is 1. The van der Waals surface area contributed by atoms with Crippen LogP contribution in [0.5, 0.6) is 5.75 Å². The Labute approximate surface area is 194 Å². The number of benzene rings is 2. The molecule has 0 bridgehead atoms. The molecule has 1 amide bonds. The van der Waals surface area contributed by atoms with Gasteiger partial charge >= 0.3 is 0 Å². The smallest absolute Gasteiger partial charge is 0.271 e. The quantitative estimate of drug-likeness (QED) is 0.259. The molecule has 11 heteroatoms. The van der Waals surface area contributed by atoms with E-state index in [0.717, 1.165) is 0 Å². The number of nitro groups is 1. The number of amides is 1. The highest BCUT2D eigenvalue weighted by molar-refractivity contribution is 8.00. The molecule has 2 aromatic carbocycles. The maximum absolute atomic E-state index is 14.0. The Hall–Kier alpha value is -3.47. The molecule has 2 atom stereocenters. The van der Waals surface area contributed by atoms with Gasteiger partial charge in [-0.25, -0.2) is 4.39 Å². The van der Waals surface area contributed by atoms with Gasteiger partial charge in [-0.2, -0.15) is 0 Å². The number of carbonyl (C=O) groups excluding carboxylic acids is 1. The Bertz CT molecular complexity index is 1150. The summed E-state index contributed by atoms with van der Waals surface area (Å²) in [6, 6.07) is 11.8. The van der Waals surface area contributed by atoms with Gasteiger partial charge in [0.1, 0.15) is 0 Å². The second-order valence-corrected chi connectivity index (χ2v) is 8.86. The summed E-state index contributed by atoms with van der Waals surface area (Å²) in [5, 5.41) is 22.0. The number of thioether (sulfide) groups is 1. The maximum atomic E-state index is 14.0. The van der Waals surface area contributed by atoms with Gasteiger partial charge in [-0.05, 0) is 45.9 Å². The van der Waals surface area contributed by atoms with Crippen molar-refractivity contribution in [3.05, 3.63) is 70.3 Å². The number of rotatable bonds is 9. The van der Waals surface area contributed by atoms with Crippen molar-refractivity contribution in [2.45, 2.75) is 50.2 Å². The Morgan fingerprint density at radius 2 is 1.88 bits per heavy atom. The second-order valence-electron chi connectivity index (χ2n) is 7.55. The molecular weight excluding hydrogens is 449 g/mol. The summed E-state index contributed by atoms with van der Waals surface area (Å²) in [5.41, 5.74) is 0.223. The van der Waals surface area contributed by atoms with Crippen LogP contribution in [0.2, 0.25) is 0 Å². The molecule has 174 valence electrons. The Kier molecular flexibility index (Phi) is 7.64. The SMILES string of the molecule is CC(Sc1nnc(C(C)Oc2ccccc2F)n1C(C)C)C(=O)Nc1cccc([N+](=O)[O-])c1. The lowest BCUT2D eigenvalue weighted by atomic mass is 10.2. The van der Waals surface area contributed by atoms with Crippen molar-refractivity contribution in [1.29, 1.82) is 0 Å². The van der Waals surface area contributed by atoms with E-state index in [2.05, 4.69) is 15.5 Å². The van der Waals surface area contributed by atoms with Crippen LogP contribution in [0.4, 0.5) is 15.8 Å². The molecule has 0 radical (unpaired) electrons. The first-order chi connectivity index (χ1) is 15.7. The van der Waals surface area contributed by atoms with Crippen molar-refractivity contribution in [2.75, 3.05) is 5.32 Å². The molecule has 0 saturated heterocycles. The van der Waals surface area contributed by atoms with Crippen LogP contribution in [-0.2, 0) is 4.79 Å². The average molecular weight is 474 g/mol. The van der Waals surface area contributed by atoms with Crippen molar-refractivity contribution < 1.29 is 18.8 Å². The predicted octanol–water partition coefficient (Wildman–Crippen LogP) is 5.17. The van der Waals surface area contributed by atoms with E-state index in [-0.39, 0.29) is 23.4 Å². The number of nitrogens with zero attached hydrogens (tertiary/aromatic N) is 4. The van der Waals surface area contributed by atoms with E-state index >= 15 is 0 Å². The van der Waals surface area contributed by atoms with E-state index in [9.17, 15) is 19.3 Å². The lowest BCUT2D eigenvalue weighted by molar-refractivity contribution is -0.384. The summed E-state index contributed by atoms with van der Waals surface area (Å²) in [4.78, 5) is 23.1. The summed E-state index contributed by atoms with van der Waals surface area (Å²) in [5.74, 6) is -0.193. The van der Waals surface area contributed by atoms with E-state index in [4.69, 9.17) is 4.74 Å². The normalized spacial score (nSPS) is 12.9. The molecule has 3 aromatic rings. The van der Waals surface area contributed by atoms with Crippen LogP contribution in [0.15, 0.2) is 53.7 Å². The van der Waals surface area contributed by atoms with Crippen molar-refractivity contribution in [2.24, 2.45) is 0 Å². The van der Waals surface area contributed by atoms with Gasteiger partial charge in [-0.1, -0.05) is 30.0 Å². The lowest BCUT2D eigenvalue weighted by Crippen LogP contribution is -2.23. The van der Waals surface area contributed by atoms with Crippen molar-refractivity contribution >= 4 is 29.0 Å². The van der Waals surface area contributed by atoms with Gasteiger partial charge in [0.15, 0.2) is 28.7 Å². The van der Waals surface area contributed by atoms with Crippen LogP contribution in [0.3, 0.4) is 0 Å². The maximum Gasteiger partial charge on any atom is 0.271 e. The number of para-hydroxylation sites is 1. The molecular formula is C22H24FN5O4S. The Balaban J connectivity index is 1.74. The molecule has 9 nitrogen and oxygen atoms in total. The Morgan fingerprint density at radius 1 is 1.15 bits per heavy atom. The second kappa shape index (κ2) is 10.4. The first-order valence-corrected chi connectivity index (χ1v) is 11.1. The monoisotopic (exact) mass is 473 g/mol. The topological polar surface area (TPSA) is 112 Å². The zero-order valence-electron chi connectivity index (χ0n) is 18.6.